The summed E-state index contributed by atoms with van der Waals surface area (Å²) in [5.41, 5.74) is 0.499. The summed E-state index contributed by atoms with van der Waals surface area (Å²) in [6.45, 7) is 1.67. The smallest absolute Gasteiger partial charge is 0.256 e. The number of hydrogen-bond donors (Lipinski definition) is 2. The van der Waals surface area contributed by atoms with Crippen molar-refractivity contribution in [2.75, 3.05) is 44.9 Å². The molecule has 7 heteroatoms. The third-order valence-corrected chi connectivity index (χ3v) is 3.10. The van der Waals surface area contributed by atoms with E-state index in [0.29, 0.717) is 22.9 Å². The van der Waals surface area contributed by atoms with Gasteiger partial charge in [-0.15, -0.1) is 10.2 Å². The first-order chi connectivity index (χ1) is 11.1. The molecule has 0 aliphatic carbocycles. The van der Waals surface area contributed by atoms with Crippen molar-refractivity contribution in [3.8, 4) is 5.75 Å². The Hall–Kier alpha value is -2.67. The van der Waals surface area contributed by atoms with Gasteiger partial charge in [-0.2, -0.15) is 0 Å². The number of carbonyl (C=O) groups is 1. The first-order valence-electron chi connectivity index (χ1n) is 7.26. The van der Waals surface area contributed by atoms with Crippen LogP contribution in [0.1, 0.15) is 10.4 Å². The predicted octanol–water partition coefficient (Wildman–Crippen LogP) is 1.71. The van der Waals surface area contributed by atoms with Gasteiger partial charge in [-0.25, -0.2) is 0 Å². The first-order valence-corrected chi connectivity index (χ1v) is 7.26. The van der Waals surface area contributed by atoms with Crippen LogP contribution in [0.5, 0.6) is 5.75 Å². The summed E-state index contributed by atoms with van der Waals surface area (Å²) >= 11 is 0. The largest absolute Gasteiger partial charge is 0.497 e. The van der Waals surface area contributed by atoms with Crippen LogP contribution >= 0.6 is 0 Å². The molecule has 7 nitrogen and oxygen atoms in total. The maximum atomic E-state index is 12.2. The van der Waals surface area contributed by atoms with Crippen molar-refractivity contribution in [1.29, 1.82) is 0 Å². The molecule has 122 valence electrons. The number of carbonyl (C=O) groups excluding carboxylic acids is 1. The maximum Gasteiger partial charge on any atom is 0.256 e. The number of nitrogens with one attached hydrogen (secondary N) is 2. The average molecular weight is 315 g/mol. The highest BCUT2D eigenvalue weighted by Gasteiger charge is 2.08. The number of rotatable bonds is 7. The molecule has 1 aromatic carbocycles. The SMILES string of the molecule is COc1cccc(C(=O)Nc2ccc(NCCN(C)C)nn2)c1. The zero-order valence-electron chi connectivity index (χ0n) is 13.5. The first kappa shape index (κ1) is 16.7. The van der Waals surface area contributed by atoms with Crippen LogP contribution in [0, 0.1) is 0 Å². The van der Waals surface area contributed by atoms with Crippen LogP contribution in [0.3, 0.4) is 0 Å². The predicted molar refractivity (Wildman–Crippen MR) is 90.0 cm³/mol. The van der Waals surface area contributed by atoms with Crippen molar-refractivity contribution < 1.29 is 9.53 Å². The van der Waals surface area contributed by atoms with E-state index in [2.05, 4.69) is 25.7 Å². The van der Waals surface area contributed by atoms with Gasteiger partial charge < -0.3 is 20.3 Å². The van der Waals surface area contributed by atoms with Crippen LogP contribution in [0.2, 0.25) is 0 Å². The Morgan fingerprint density at radius 1 is 1.17 bits per heavy atom. The second-order valence-electron chi connectivity index (χ2n) is 5.22. The van der Waals surface area contributed by atoms with Gasteiger partial charge in [0, 0.05) is 18.7 Å². The van der Waals surface area contributed by atoms with Gasteiger partial charge in [0.25, 0.3) is 5.91 Å². The fourth-order valence-electron chi connectivity index (χ4n) is 1.85. The molecular formula is C16H21N5O2. The Labute approximate surface area is 135 Å². The van der Waals surface area contributed by atoms with Crippen molar-refractivity contribution in [2.24, 2.45) is 0 Å². The lowest BCUT2D eigenvalue weighted by Crippen LogP contribution is -2.21. The highest BCUT2D eigenvalue weighted by atomic mass is 16.5. The summed E-state index contributed by atoms with van der Waals surface area (Å²) in [4.78, 5) is 14.2. The van der Waals surface area contributed by atoms with Gasteiger partial charge in [0.15, 0.2) is 5.82 Å². The van der Waals surface area contributed by atoms with Gasteiger partial charge in [-0.3, -0.25) is 4.79 Å². The number of aromatic nitrogens is 2. The Bertz CT molecular complexity index is 643. The zero-order valence-corrected chi connectivity index (χ0v) is 13.5. The van der Waals surface area contributed by atoms with Crippen LogP contribution < -0.4 is 15.4 Å². The monoisotopic (exact) mass is 315 g/mol. The molecule has 1 amide bonds. The lowest BCUT2D eigenvalue weighted by molar-refractivity contribution is 0.102. The van der Waals surface area contributed by atoms with Crippen molar-refractivity contribution in [1.82, 2.24) is 15.1 Å². The van der Waals surface area contributed by atoms with Crippen LogP contribution in [-0.2, 0) is 0 Å². The quantitative estimate of drug-likeness (QED) is 0.810. The molecule has 2 N–H and O–H groups in total. The summed E-state index contributed by atoms with van der Waals surface area (Å²) < 4.78 is 5.11. The van der Waals surface area contributed by atoms with Gasteiger partial charge in [-0.05, 0) is 44.4 Å². The molecule has 1 aromatic heterocycles. The normalized spacial score (nSPS) is 10.4. The standard InChI is InChI=1S/C16H21N5O2/c1-21(2)10-9-17-14-7-8-15(20-19-14)18-16(22)12-5-4-6-13(11-12)23-3/h4-8,11H,9-10H2,1-3H3,(H,17,19)(H,18,20,22). The second-order valence-corrected chi connectivity index (χ2v) is 5.22. The van der Waals surface area contributed by atoms with Crippen LogP contribution in [-0.4, -0.2) is 55.3 Å². The Kier molecular flexibility index (Phi) is 5.87. The molecule has 0 unspecified atom stereocenters. The number of nitrogens with zero attached hydrogens (tertiary/aromatic N) is 3. The molecule has 0 radical (unpaired) electrons. The molecule has 0 bridgehead atoms. The Morgan fingerprint density at radius 3 is 2.57 bits per heavy atom. The molecule has 23 heavy (non-hydrogen) atoms. The summed E-state index contributed by atoms with van der Waals surface area (Å²) in [7, 11) is 5.57. The third-order valence-electron chi connectivity index (χ3n) is 3.10. The molecule has 0 fully saturated rings. The number of likely N-dealkylation sites (N-methyl/N-ethyl adjacent to an activating group) is 1. The van der Waals surface area contributed by atoms with E-state index in [4.69, 9.17) is 4.74 Å². The molecule has 2 aromatic rings. The Morgan fingerprint density at radius 2 is 1.91 bits per heavy atom. The maximum absolute atomic E-state index is 12.2. The fourth-order valence-corrected chi connectivity index (χ4v) is 1.85. The molecule has 2 rings (SSSR count). The molecule has 0 spiro atoms. The van der Waals surface area contributed by atoms with E-state index in [1.165, 1.54) is 0 Å². The molecule has 0 saturated carbocycles. The van der Waals surface area contributed by atoms with Gasteiger partial charge in [-0.1, -0.05) is 6.07 Å². The number of benzene rings is 1. The average Bonchev–Trinajstić information content (AvgIpc) is 2.56. The van der Waals surface area contributed by atoms with Gasteiger partial charge >= 0.3 is 0 Å². The summed E-state index contributed by atoms with van der Waals surface area (Å²) in [5, 5.41) is 13.9. The number of amides is 1. The number of ether oxygens (including phenoxy) is 1. The highest BCUT2D eigenvalue weighted by Crippen LogP contribution is 2.14. The second kappa shape index (κ2) is 8.09. The fraction of sp³-hybridized carbons (Fsp3) is 0.312. The summed E-state index contributed by atoms with van der Waals surface area (Å²) in [5.74, 6) is 1.44. The van der Waals surface area contributed by atoms with Crippen LogP contribution in [0.4, 0.5) is 11.6 Å². The minimum Gasteiger partial charge on any atom is -0.497 e. The summed E-state index contributed by atoms with van der Waals surface area (Å²) in [6.07, 6.45) is 0. The Balaban J connectivity index is 1.93. The molecule has 1 heterocycles. The highest BCUT2D eigenvalue weighted by molar-refractivity contribution is 6.03. The molecule has 0 atom stereocenters. The molecule has 0 saturated heterocycles. The van der Waals surface area contributed by atoms with Crippen LogP contribution in [0.25, 0.3) is 0 Å². The number of anilines is 2. The lowest BCUT2D eigenvalue weighted by atomic mass is 10.2. The number of methoxy groups -OCH3 is 1. The minimum atomic E-state index is -0.258. The van der Waals surface area contributed by atoms with E-state index < -0.39 is 0 Å². The van der Waals surface area contributed by atoms with E-state index in [1.54, 1.807) is 43.5 Å². The molecule has 0 aliphatic rings. The number of hydrogen-bond acceptors (Lipinski definition) is 6. The minimum absolute atomic E-state index is 0.258. The van der Waals surface area contributed by atoms with E-state index in [1.807, 2.05) is 14.1 Å². The molecular weight excluding hydrogens is 294 g/mol. The van der Waals surface area contributed by atoms with E-state index in [9.17, 15) is 4.79 Å². The summed E-state index contributed by atoms with van der Waals surface area (Å²) in [6, 6.07) is 10.4. The topological polar surface area (TPSA) is 79.4 Å². The van der Waals surface area contributed by atoms with Crippen LogP contribution in [0.15, 0.2) is 36.4 Å². The van der Waals surface area contributed by atoms with Crippen molar-refractivity contribution in [3.05, 3.63) is 42.0 Å². The van der Waals surface area contributed by atoms with Gasteiger partial charge in [0.1, 0.15) is 11.6 Å². The van der Waals surface area contributed by atoms with Crippen molar-refractivity contribution in [3.63, 3.8) is 0 Å². The van der Waals surface area contributed by atoms with E-state index in [0.717, 1.165) is 13.1 Å². The molecule has 0 aliphatic heterocycles. The third kappa shape index (κ3) is 5.23. The zero-order chi connectivity index (χ0) is 16.7. The van der Waals surface area contributed by atoms with Crippen molar-refractivity contribution >= 4 is 17.5 Å². The lowest BCUT2D eigenvalue weighted by Gasteiger charge is -2.10. The van der Waals surface area contributed by atoms with Gasteiger partial charge in [0.05, 0.1) is 7.11 Å². The van der Waals surface area contributed by atoms with Gasteiger partial charge in [0.2, 0.25) is 0 Å². The van der Waals surface area contributed by atoms with Crippen molar-refractivity contribution in [2.45, 2.75) is 0 Å². The van der Waals surface area contributed by atoms with E-state index in [-0.39, 0.29) is 5.91 Å². The van der Waals surface area contributed by atoms with E-state index >= 15 is 0 Å².